The number of carbonyl (C=O) groups excluding carboxylic acids is 2. The van der Waals surface area contributed by atoms with E-state index in [2.05, 4.69) is 26.6 Å². The van der Waals surface area contributed by atoms with Crippen molar-refractivity contribution in [1.29, 1.82) is 0 Å². The van der Waals surface area contributed by atoms with Gasteiger partial charge < -0.3 is 5.32 Å². The minimum atomic E-state index is -0.864. The number of benzene rings is 2. The van der Waals surface area contributed by atoms with Crippen LogP contribution in [0.1, 0.15) is 35.3 Å². The number of aryl methyl sites for hydroxylation is 2. The minimum Gasteiger partial charge on any atom is -0.307 e. The van der Waals surface area contributed by atoms with E-state index in [4.69, 9.17) is 11.6 Å². The van der Waals surface area contributed by atoms with Crippen molar-refractivity contribution in [2.45, 2.75) is 26.7 Å². The second-order valence-corrected chi connectivity index (χ2v) is 6.57. The summed E-state index contributed by atoms with van der Waals surface area (Å²) in [7, 11) is 0. The highest BCUT2D eigenvalue weighted by atomic mass is 79.9. The van der Waals surface area contributed by atoms with Crippen molar-refractivity contribution in [3.63, 3.8) is 0 Å². The van der Waals surface area contributed by atoms with E-state index in [1.807, 2.05) is 32.0 Å². The number of hydrogen-bond donors (Lipinski definition) is 2. The highest BCUT2D eigenvalue weighted by Gasteiger charge is 2.18. The third kappa shape index (κ3) is 4.58. The van der Waals surface area contributed by atoms with Gasteiger partial charge in [0.25, 0.3) is 5.91 Å². The summed E-state index contributed by atoms with van der Waals surface area (Å²) in [5, 5.41) is 5.00. The molecule has 3 amide bonds. The van der Waals surface area contributed by atoms with Crippen LogP contribution in [0.3, 0.4) is 0 Å². The molecule has 0 aromatic heterocycles. The smallest absolute Gasteiger partial charge is 0.307 e. The number of carbonyl (C=O) groups is 2. The molecule has 2 rings (SSSR count). The summed E-state index contributed by atoms with van der Waals surface area (Å²) in [5.74, 6) is -1.64. The molecule has 0 aliphatic heterocycles. The first kappa shape index (κ1) is 19.4. The zero-order valence-electron chi connectivity index (χ0n) is 13.8. The summed E-state index contributed by atoms with van der Waals surface area (Å²) in [6, 6.07) is 7.26. The van der Waals surface area contributed by atoms with Gasteiger partial charge in [-0.1, -0.05) is 43.6 Å². The molecular weight excluding hydrogens is 411 g/mol. The number of halogens is 3. The van der Waals surface area contributed by atoms with E-state index in [-0.39, 0.29) is 10.6 Å². The first-order valence-electron chi connectivity index (χ1n) is 7.75. The van der Waals surface area contributed by atoms with Gasteiger partial charge in [-0.05, 0) is 52.0 Å². The molecule has 0 radical (unpaired) electrons. The molecule has 0 heterocycles. The van der Waals surface area contributed by atoms with Gasteiger partial charge >= 0.3 is 6.03 Å². The van der Waals surface area contributed by atoms with Gasteiger partial charge in [0.2, 0.25) is 0 Å². The average molecular weight is 428 g/mol. The Bertz CT molecular complexity index is 805. The summed E-state index contributed by atoms with van der Waals surface area (Å²) in [6.07, 6.45) is 1.46. The van der Waals surface area contributed by atoms with Gasteiger partial charge in [-0.15, -0.1) is 0 Å². The van der Waals surface area contributed by atoms with Crippen molar-refractivity contribution >= 4 is 45.2 Å². The van der Waals surface area contributed by atoms with Crippen molar-refractivity contribution in [3.8, 4) is 0 Å². The van der Waals surface area contributed by atoms with Crippen LogP contribution in [-0.2, 0) is 12.8 Å². The third-order valence-corrected chi connectivity index (χ3v) is 4.92. The Morgan fingerprint density at radius 3 is 2.32 bits per heavy atom. The first-order valence-corrected chi connectivity index (χ1v) is 8.92. The molecule has 7 heteroatoms. The van der Waals surface area contributed by atoms with E-state index in [1.54, 1.807) is 0 Å². The van der Waals surface area contributed by atoms with Gasteiger partial charge in [0.15, 0.2) is 0 Å². The summed E-state index contributed by atoms with van der Waals surface area (Å²) in [6.45, 7) is 3.95. The molecule has 0 unspecified atom stereocenters. The second kappa shape index (κ2) is 8.45. The molecule has 0 fully saturated rings. The van der Waals surface area contributed by atoms with E-state index in [9.17, 15) is 14.0 Å². The molecule has 0 bridgehead atoms. The molecule has 132 valence electrons. The van der Waals surface area contributed by atoms with Crippen LogP contribution in [0.5, 0.6) is 0 Å². The van der Waals surface area contributed by atoms with Crippen LogP contribution >= 0.6 is 27.5 Å². The Balaban J connectivity index is 2.19. The Kier molecular flexibility index (Phi) is 6.56. The highest BCUT2D eigenvalue weighted by Crippen LogP contribution is 2.26. The molecule has 2 aromatic rings. The molecule has 0 spiro atoms. The number of hydrogen-bond acceptors (Lipinski definition) is 2. The van der Waals surface area contributed by atoms with Crippen molar-refractivity contribution in [3.05, 3.63) is 62.3 Å². The van der Waals surface area contributed by atoms with E-state index >= 15 is 0 Å². The van der Waals surface area contributed by atoms with Crippen LogP contribution in [0.4, 0.5) is 14.9 Å². The lowest BCUT2D eigenvalue weighted by Crippen LogP contribution is -2.35. The summed E-state index contributed by atoms with van der Waals surface area (Å²) >= 11 is 8.95. The van der Waals surface area contributed by atoms with Crippen LogP contribution in [0.15, 0.2) is 34.8 Å². The highest BCUT2D eigenvalue weighted by molar-refractivity contribution is 9.10. The number of imide groups is 1. The molecule has 0 aliphatic carbocycles. The van der Waals surface area contributed by atoms with Crippen LogP contribution in [0.25, 0.3) is 0 Å². The molecule has 0 atom stereocenters. The number of anilines is 1. The van der Waals surface area contributed by atoms with Gasteiger partial charge in [-0.25, -0.2) is 9.18 Å². The van der Waals surface area contributed by atoms with Crippen LogP contribution in [-0.4, -0.2) is 11.9 Å². The molecule has 0 aliphatic rings. The standard InChI is InChI=1S/C18H17BrClFN2O2/c1-3-10-6-5-7-11(4-2)16(10)22-18(25)23-17(24)12-8-14(20)13(19)9-15(12)21/h5-9H,3-4H2,1-2H3,(H2,22,23,24,25). The summed E-state index contributed by atoms with van der Waals surface area (Å²) in [4.78, 5) is 24.3. The quantitative estimate of drug-likeness (QED) is 0.648. The number of nitrogens with one attached hydrogen (secondary N) is 2. The Hall–Kier alpha value is -1.92. The van der Waals surface area contributed by atoms with Crippen LogP contribution in [0, 0.1) is 5.82 Å². The molecule has 25 heavy (non-hydrogen) atoms. The predicted octanol–water partition coefficient (Wildman–Crippen LogP) is 5.33. The van der Waals surface area contributed by atoms with Gasteiger partial charge in [0.05, 0.1) is 10.6 Å². The lowest BCUT2D eigenvalue weighted by atomic mass is 10.0. The lowest BCUT2D eigenvalue weighted by molar-refractivity contribution is 0.0963. The Morgan fingerprint density at radius 2 is 1.76 bits per heavy atom. The fraction of sp³-hybridized carbons (Fsp3) is 0.222. The van der Waals surface area contributed by atoms with Crippen LogP contribution < -0.4 is 10.6 Å². The van der Waals surface area contributed by atoms with E-state index in [1.165, 1.54) is 6.07 Å². The number of amides is 3. The number of rotatable bonds is 4. The van der Waals surface area contributed by atoms with E-state index < -0.39 is 17.8 Å². The lowest BCUT2D eigenvalue weighted by Gasteiger charge is -2.14. The maximum Gasteiger partial charge on any atom is 0.326 e. The zero-order chi connectivity index (χ0) is 18.6. The maximum atomic E-state index is 13.9. The van der Waals surface area contributed by atoms with Crippen molar-refractivity contribution in [1.82, 2.24) is 5.32 Å². The fourth-order valence-corrected chi connectivity index (χ4v) is 2.89. The average Bonchev–Trinajstić information content (AvgIpc) is 2.58. The van der Waals surface area contributed by atoms with Gasteiger partial charge in [0, 0.05) is 10.2 Å². The van der Waals surface area contributed by atoms with E-state index in [0.29, 0.717) is 10.2 Å². The molecule has 0 saturated heterocycles. The molecule has 4 nitrogen and oxygen atoms in total. The zero-order valence-corrected chi connectivity index (χ0v) is 16.1. The monoisotopic (exact) mass is 426 g/mol. The number of urea groups is 1. The first-order chi connectivity index (χ1) is 11.9. The molecule has 0 saturated carbocycles. The summed E-state index contributed by atoms with van der Waals surface area (Å²) in [5.41, 5.74) is 2.29. The van der Waals surface area contributed by atoms with Gasteiger partial charge in [-0.2, -0.15) is 0 Å². The third-order valence-electron chi connectivity index (χ3n) is 3.72. The maximum absolute atomic E-state index is 13.9. The van der Waals surface area contributed by atoms with Gasteiger partial charge in [-0.3, -0.25) is 10.1 Å². The van der Waals surface area contributed by atoms with E-state index in [0.717, 1.165) is 30.0 Å². The topological polar surface area (TPSA) is 58.2 Å². The van der Waals surface area contributed by atoms with Crippen LogP contribution in [0.2, 0.25) is 5.02 Å². The van der Waals surface area contributed by atoms with Crippen molar-refractivity contribution < 1.29 is 14.0 Å². The second-order valence-electron chi connectivity index (χ2n) is 5.31. The Morgan fingerprint density at radius 1 is 1.16 bits per heavy atom. The summed E-state index contributed by atoms with van der Waals surface area (Å²) < 4.78 is 14.2. The largest absolute Gasteiger partial charge is 0.326 e. The molecule has 2 N–H and O–H groups in total. The SMILES string of the molecule is CCc1cccc(CC)c1NC(=O)NC(=O)c1cc(Cl)c(Br)cc1F. The van der Waals surface area contributed by atoms with Crippen molar-refractivity contribution in [2.24, 2.45) is 0 Å². The molecule has 2 aromatic carbocycles. The molecular formula is C18H17BrClFN2O2. The number of para-hydroxylation sites is 1. The predicted molar refractivity (Wildman–Crippen MR) is 101 cm³/mol. The Labute approximate surface area is 158 Å². The fourth-order valence-electron chi connectivity index (χ4n) is 2.41. The van der Waals surface area contributed by atoms with Crippen molar-refractivity contribution in [2.75, 3.05) is 5.32 Å². The normalized spacial score (nSPS) is 10.4. The minimum absolute atomic E-state index is 0.177. The van der Waals surface area contributed by atoms with Gasteiger partial charge in [0.1, 0.15) is 5.82 Å².